The van der Waals surface area contributed by atoms with E-state index in [1.807, 2.05) is 0 Å². The number of amides is 1. The van der Waals surface area contributed by atoms with Crippen LogP contribution in [0.5, 0.6) is 0 Å². The molecule has 2 rings (SSSR count). The Labute approximate surface area is 177 Å². The molecule has 0 aromatic heterocycles. The van der Waals surface area contributed by atoms with Gasteiger partial charge in [0, 0.05) is 6.54 Å². The van der Waals surface area contributed by atoms with Crippen LogP contribution in [0.3, 0.4) is 0 Å². The maximum Gasteiger partial charge on any atom is 0.298 e. The molecular formula is C19H26N5O3S2+. The average Bonchev–Trinajstić information content (AvgIpc) is 2.79. The van der Waals surface area contributed by atoms with Crippen molar-refractivity contribution < 1.29 is 17.8 Å². The second-order valence-corrected chi connectivity index (χ2v) is 9.87. The number of nitrogens with zero attached hydrogens (tertiary/aromatic N) is 4. The number of nitriles is 1. The van der Waals surface area contributed by atoms with Crippen LogP contribution in [-0.2, 0) is 14.8 Å². The monoisotopic (exact) mass is 436 g/mol. The van der Waals surface area contributed by atoms with Crippen molar-refractivity contribution in [3.8, 4) is 6.07 Å². The predicted molar refractivity (Wildman–Crippen MR) is 116 cm³/mol. The summed E-state index contributed by atoms with van der Waals surface area (Å²) in [5.74, 6) is -0.273. The van der Waals surface area contributed by atoms with Crippen LogP contribution in [0.4, 0.5) is 5.69 Å². The van der Waals surface area contributed by atoms with Gasteiger partial charge in [-0.15, -0.1) is 0 Å². The number of nitrogens with one attached hydrogen (secondary N) is 1. The minimum atomic E-state index is -3.46. The molecule has 1 N–H and O–H groups in total. The molecule has 1 heterocycles. The lowest BCUT2D eigenvalue weighted by atomic mass is 10.0. The molecule has 1 fully saturated rings. The number of thiocarbonyl (C=S) groups is 1. The average molecular weight is 437 g/mol. The van der Waals surface area contributed by atoms with E-state index in [9.17, 15) is 13.2 Å². The Kier molecular flexibility index (Phi) is 6.65. The standard InChI is InChI=1S/C19H25N5O3S2/c1-14-11-16(8-7-15(14)12-20)24-17(25)19(2,3)23(18(24)28)9-6-10-29(26,27)21-13-22(4)5/h7-8,11,13H,6,9-10H2,1-5H3/p+1. The minimum Gasteiger partial charge on any atom is -0.334 e. The number of rotatable bonds is 7. The summed E-state index contributed by atoms with van der Waals surface area (Å²) in [4.78, 5) is 16.3. The third-order valence-electron chi connectivity index (χ3n) is 4.70. The summed E-state index contributed by atoms with van der Waals surface area (Å²) >= 11 is 5.55. The van der Waals surface area contributed by atoms with E-state index in [-0.39, 0.29) is 11.7 Å². The highest BCUT2D eigenvalue weighted by Crippen LogP contribution is 2.33. The number of aryl methyl sites for hydroxylation is 1. The molecule has 1 aromatic carbocycles. The first-order valence-corrected chi connectivity index (χ1v) is 11.1. The number of carbonyl (C=O) groups is 1. The van der Waals surface area contributed by atoms with E-state index in [0.29, 0.717) is 29.3 Å². The third-order valence-corrected chi connectivity index (χ3v) is 6.39. The van der Waals surface area contributed by atoms with Crippen LogP contribution in [-0.4, -0.2) is 67.2 Å². The molecule has 8 nitrogen and oxygen atoms in total. The summed E-state index contributed by atoms with van der Waals surface area (Å²) in [5.41, 5.74) is 0.994. The zero-order chi connectivity index (χ0) is 22.0. The molecule has 0 aliphatic carbocycles. The van der Waals surface area contributed by atoms with Gasteiger partial charge in [0.15, 0.2) is 5.11 Å². The number of sulfonamides is 1. The lowest BCUT2D eigenvalue weighted by molar-refractivity contribution is -0.460. The Morgan fingerprint density at radius 2 is 2.00 bits per heavy atom. The highest BCUT2D eigenvalue weighted by Gasteiger charge is 2.49. The van der Waals surface area contributed by atoms with Gasteiger partial charge in [-0.25, -0.2) is 0 Å². The van der Waals surface area contributed by atoms with Crippen molar-refractivity contribution in [2.24, 2.45) is 0 Å². The van der Waals surface area contributed by atoms with Crippen molar-refractivity contribution in [3.63, 3.8) is 0 Å². The van der Waals surface area contributed by atoms with Crippen molar-refractivity contribution in [2.45, 2.75) is 32.7 Å². The smallest absolute Gasteiger partial charge is 0.298 e. The fourth-order valence-corrected chi connectivity index (χ4v) is 4.51. The molecular weight excluding hydrogens is 410 g/mol. The maximum atomic E-state index is 13.0. The summed E-state index contributed by atoms with van der Waals surface area (Å²) in [5, 5.41) is 9.44. The quantitative estimate of drug-likeness (QED) is 0.299. The lowest BCUT2D eigenvalue weighted by Gasteiger charge is -2.29. The van der Waals surface area contributed by atoms with Gasteiger partial charge < -0.3 is 4.90 Å². The summed E-state index contributed by atoms with van der Waals surface area (Å²) in [6.45, 7) is 5.67. The van der Waals surface area contributed by atoms with E-state index >= 15 is 0 Å². The van der Waals surface area contributed by atoms with Crippen molar-refractivity contribution in [3.05, 3.63) is 29.3 Å². The highest BCUT2D eigenvalue weighted by atomic mass is 32.2. The molecule has 0 bridgehead atoms. The van der Waals surface area contributed by atoms with Crippen LogP contribution in [0.25, 0.3) is 0 Å². The van der Waals surface area contributed by atoms with Gasteiger partial charge in [0.05, 0.1) is 37.2 Å². The Morgan fingerprint density at radius 3 is 2.55 bits per heavy atom. The number of anilines is 1. The van der Waals surface area contributed by atoms with E-state index in [4.69, 9.17) is 17.5 Å². The SMILES string of the molecule is Cc1cc(N2C(=O)C(C)(C)N(CCCS(=O)(=O)NC=[N+](C)C)C2=S)ccc1C#N. The molecule has 0 atom stereocenters. The van der Waals surface area contributed by atoms with Crippen LogP contribution < -0.4 is 9.62 Å². The van der Waals surface area contributed by atoms with Crippen molar-refractivity contribution in [2.75, 3.05) is 31.3 Å². The molecule has 1 aliphatic rings. The molecule has 10 heteroatoms. The second kappa shape index (κ2) is 8.47. The van der Waals surface area contributed by atoms with E-state index in [2.05, 4.69) is 10.8 Å². The van der Waals surface area contributed by atoms with Crippen LogP contribution in [0, 0.1) is 18.3 Å². The number of hydrogen-bond acceptors (Lipinski definition) is 5. The van der Waals surface area contributed by atoms with Crippen LogP contribution in [0.2, 0.25) is 0 Å². The molecule has 1 amide bonds. The van der Waals surface area contributed by atoms with Crippen molar-refractivity contribution in [1.82, 2.24) is 9.62 Å². The topological polar surface area (TPSA) is 96.5 Å². The molecule has 1 aromatic rings. The largest absolute Gasteiger partial charge is 0.334 e. The van der Waals surface area contributed by atoms with Crippen LogP contribution in [0.15, 0.2) is 18.2 Å². The van der Waals surface area contributed by atoms with Gasteiger partial charge >= 0.3 is 0 Å². The summed E-state index contributed by atoms with van der Waals surface area (Å²) in [6.07, 6.45) is 1.69. The van der Waals surface area contributed by atoms with Gasteiger partial charge in [0.2, 0.25) is 6.34 Å². The van der Waals surface area contributed by atoms with Crippen molar-refractivity contribution >= 4 is 45.3 Å². The van der Waals surface area contributed by atoms with Gasteiger partial charge in [-0.1, -0.05) is 0 Å². The zero-order valence-electron chi connectivity index (χ0n) is 17.3. The fraction of sp³-hybridized carbons (Fsp3) is 0.474. The highest BCUT2D eigenvalue weighted by molar-refractivity contribution is 7.89. The minimum absolute atomic E-state index is 0.0866. The van der Waals surface area contributed by atoms with Gasteiger partial charge in [-0.3, -0.25) is 14.3 Å². The molecule has 1 saturated heterocycles. The molecule has 1 aliphatic heterocycles. The summed E-state index contributed by atoms with van der Waals surface area (Å²) in [6, 6.07) is 7.22. The number of carbonyl (C=O) groups excluding carboxylic acids is 1. The van der Waals surface area contributed by atoms with E-state index in [1.165, 1.54) is 11.2 Å². The third kappa shape index (κ3) is 4.92. The van der Waals surface area contributed by atoms with Gasteiger partial charge in [0.25, 0.3) is 15.9 Å². The molecule has 0 spiro atoms. The fourth-order valence-electron chi connectivity index (χ4n) is 3.01. The van der Waals surface area contributed by atoms with Gasteiger partial charge in [-0.05, 0) is 63.2 Å². The molecule has 0 saturated carbocycles. The first-order valence-electron chi connectivity index (χ1n) is 9.07. The summed E-state index contributed by atoms with van der Waals surface area (Å²) < 4.78 is 28.1. The Bertz CT molecular complexity index is 1010. The van der Waals surface area contributed by atoms with Crippen LogP contribution >= 0.6 is 12.2 Å². The Morgan fingerprint density at radius 1 is 1.34 bits per heavy atom. The first-order chi connectivity index (χ1) is 13.4. The first kappa shape index (κ1) is 22.8. The molecule has 0 unspecified atom stereocenters. The Balaban J connectivity index is 2.17. The van der Waals surface area contributed by atoms with Crippen LogP contribution in [0.1, 0.15) is 31.4 Å². The number of benzene rings is 1. The van der Waals surface area contributed by atoms with E-state index in [0.717, 1.165) is 5.56 Å². The number of hydrogen-bond donors (Lipinski definition) is 1. The lowest BCUT2D eigenvalue weighted by Crippen LogP contribution is -2.45. The molecule has 156 valence electrons. The van der Waals surface area contributed by atoms with Gasteiger partial charge in [0.1, 0.15) is 5.54 Å². The van der Waals surface area contributed by atoms with E-state index < -0.39 is 15.6 Å². The zero-order valence-corrected chi connectivity index (χ0v) is 18.9. The van der Waals surface area contributed by atoms with E-state index in [1.54, 1.807) is 62.5 Å². The van der Waals surface area contributed by atoms with Crippen molar-refractivity contribution in [1.29, 1.82) is 5.26 Å². The molecule has 29 heavy (non-hydrogen) atoms. The van der Waals surface area contributed by atoms with Gasteiger partial charge in [-0.2, -0.15) is 18.4 Å². The molecule has 0 radical (unpaired) electrons. The normalized spacial score (nSPS) is 16.0. The maximum absolute atomic E-state index is 13.0. The predicted octanol–water partition coefficient (Wildman–Crippen LogP) is 1.19. The Hall–Kier alpha value is -2.51. The summed E-state index contributed by atoms with van der Waals surface area (Å²) in [7, 11) is -0.0199. The second-order valence-electron chi connectivity index (χ2n) is 7.63.